The number of ether oxygens (including phenoxy) is 1. The van der Waals surface area contributed by atoms with Gasteiger partial charge in [0.05, 0.1) is 22.8 Å². The quantitative estimate of drug-likeness (QED) is 0.196. The van der Waals surface area contributed by atoms with Crippen LogP contribution in [0.1, 0.15) is 27.6 Å². The first-order valence-corrected chi connectivity index (χ1v) is 11.2. The van der Waals surface area contributed by atoms with E-state index >= 15 is 0 Å². The van der Waals surface area contributed by atoms with Crippen LogP contribution in [0.3, 0.4) is 0 Å². The fourth-order valence-corrected chi connectivity index (χ4v) is 3.55. The second-order valence-electron chi connectivity index (χ2n) is 6.92. The highest BCUT2D eigenvalue weighted by molar-refractivity contribution is 8.00. The first-order chi connectivity index (χ1) is 16.4. The largest absolute Gasteiger partial charge is 0.462 e. The Balaban J connectivity index is 1.49. The standard InChI is InChI=1S/C24H21N3O6S/c1-2-33-24(30)16-6-8-18(9-7-16)25-22(28)15-34-21-12-10-19(11-13-21)26-23(29)17-4-3-5-20(14-17)27(31)32/h3-14H,2,15H2,1H3,(H,25,28)(H,26,29). The van der Waals surface area contributed by atoms with Crippen LogP contribution >= 0.6 is 11.8 Å². The Morgan fingerprint density at radius 1 is 0.912 bits per heavy atom. The number of carbonyl (C=O) groups excluding carboxylic acids is 3. The number of hydrogen-bond acceptors (Lipinski definition) is 7. The normalized spacial score (nSPS) is 10.3. The molecule has 34 heavy (non-hydrogen) atoms. The Morgan fingerprint density at radius 2 is 1.56 bits per heavy atom. The molecule has 0 fully saturated rings. The van der Waals surface area contributed by atoms with Crippen molar-refractivity contribution in [3.63, 3.8) is 0 Å². The van der Waals surface area contributed by atoms with Crippen molar-refractivity contribution in [1.29, 1.82) is 0 Å². The van der Waals surface area contributed by atoms with Crippen LogP contribution in [0.25, 0.3) is 0 Å². The van der Waals surface area contributed by atoms with Gasteiger partial charge in [-0.15, -0.1) is 11.8 Å². The van der Waals surface area contributed by atoms with Gasteiger partial charge in [-0.1, -0.05) is 6.07 Å². The molecule has 0 saturated heterocycles. The predicted octanol–water partition coefficient (Wildman–Crippen LogP) is 4.75. The average molecular weight is 480 g/mol. The number of nitro groups is 1. The molecule has 0 radical (unpaired) electrons. The maximum absolute atomic E-state index is 12.3. The minimum absolute atomic E-state index is 0.160. The van der Waals surface area contributed by atoms with Crippen LogP contribution in [0.5, 0.6) is 0 Å². The van der Waals surface area contributed by atoms with E-state index in [2.05, 4.69) is 10.6 Å². The van der Waals surface area contributed by atoms with Crippen molar-refractivity contribution in [2.24, 2.45) is 0 Å². The van der Waals surface area contributed by atoms with E-state index < -0.39 is 16.8 Å². The van der Waals surface area contributed by atoms with Crippen molar-refractivity contribution in [2.75, 3.05) is 23.0 Å². The minimum Gasteiger partial charge on any atom is -0.462 e. The summed E-state index contributed by atoms with van der Waals surface area (Å²) < 4.78 is 4.92. The molecule has 0 saturated carbocycles. The molecule has 174 valence electrons. The molecule has 0 aliphatic heterocycles. The van der Waals surface area contributed by atoms with E-state index in [0.29, 0.717) is 23.5 Å². The van der Waals surface area contributed by atoms with Crippen molar-refractivity contribution in [3.05, 3.63) is 94.0 Å². The fourth-order valence-electron chi connectivity index (χ4n) is 2.85. The second kappa shape index (κ2) is 11.6. The molecule has 9 nitrogen and oxygen atoms in total. The molecule has 3 rings (SSSR count). The smallest absolute Gasteiger partial charge is 0.338 e. The van der Waals surface area contributed by atoms with Crippen LogP contribution in [0.2, 0.25) is 0 Å². The van der Waals surface area contributed by atoms with Gasteiger partial charge < -0.3 is 15.4 Å². The number of hydrogen-bond donors (Lipinski definition) is 2. The summed E-state index contributed by atoms with van der Waals surface area (Å²) in [5, 5.41) is 16.3. The third-order valence-corrected chi connectivity index (χ3v) is 5.49. The summed E-state index contributed by atoms with van der Waals surface area (Å²) in [6, 6.07) is 18.8. The number of non-ortho nitro benzene ring substituents is 1. The first kappa shape index (κ1) is 24.5. The summed E-state index contributed by atoms with van der Waals surface area (Å²) in [5.74, 6) is -0.922. The number of amides is 2. The summed E-state index contributed by atoms with van der Waals surface area (Å²) in [6.07, 6.45) is 0. The Hall–Kier alpha value is -4.18. The van der Waals surface area contributed by atoms with Gasteiger partial charge >= 0.3 is 5.97 Å². The van der Waals surface area contributed by atoms with Crippen LogP contribution in [-0.2, 0) is 9.53 Å². The maximum Gasteiger partial charge on any atom is 0.338 e. The van der Waals surface area contributed by atoms with Gasteiger partial charge in [-0.2, -0.15) is 0 Å². The van der Waals surface area contributed by atoms with Crippen molar-refractivity contribution in [2.45, 2.75) is 11.8 Å². The van der Waals surface area contributed by atoms with Gasteiger partial charge in [-0.05, 0) is 61.5 Å². The van der Waals surface area contributed by atoms with Gasteiger partial charge in [0.15, 0.2) is 0 Å². The van der Waals surface area contributed by atoms with Crippen molar-refractivity contribution in [1.82, 2.24) is 0 Å². The fraction of sp³-hybridized carbons (Fsp3) is 0.125. The van der Waals surface area contributed by atoms with Gasteiger partial charge in [0.1, 0.15) is 0 Å². The molecule has 2 N–H and O–H groups in total. The molecule has 3 aromatic carbocycles. The van der Waals surface area contributed by atoms with E-state index in [1.54, 1.807) is 55.5 Å². The molecule has 2 amide bonds. The Morgan fingerprint density at radius 3 is 2.21 bits per heavy atom. The molecule has 0 bridgehead atoms. The van der Waals surface area contributed by atoms with E-state index in [1.807, 2.05) is 0 Å². The van der Waals surface area contributed by atoms with Crippen LogP contribution in [-0.4, -0.2) is 35.1 Å². The lowest BCUT2D eigenvalue weighted by Gasteiger charge is -2.08. The SMILES string of the molecule is CCOC(=O)c1ccc(NC(=O)CSc2ccc(NC(=O)c3cccc([N+](=O)[O-])c3)cc2)cc1. The zero-order chi connectivity index (χ0) is 24.5. The average Bonchev–Trinajstić information content (AvgIpc) is 2.84. The molecular formula is C24H21N3O6S. The first-order valence-electron chi connectivity index (χ1n) is 10.2. The van der Waals surface area contributed by atoms with E-state index in [4.69, 9.17) is 4.74 Å². The summed E-state index contributed by atoms with van der Waals surface area (Å²) in [7, 11) is 0. The van der Waals surface area contributed by atoms with Crippen LogP contribution in [0.4, 0.5) is 17.1 Å². The number of nitrogens with one attached hydrogen (secondary N) is 2. The number of thioether (sulfide) groups is 1. The predicted molar refractivity (Wildman–Crippen MR) is 129 cm³/mol. The molecular weight excluding hydrogens is 458 g/mol. The lowest BCUT2D eigenvalue weighted by Crippen LogP contribution is -2.14. The van der Waals surface area contributed by atoms with E-state index in [9.17, 15) is 24.5 Å². The summed E-state index contributed by atoms with van der Waals surface area (Å²) >= 11 is 1.32. The lowest BCUT2D eigenvalue weighted by molar-refractivity contribution is -0.384. The van der Waals surface area contributed by atoms with E-state index in [1.165, 1.54) is 36.0 Å². The molecule has 0 aromatic heterocycles. The van der Waals surface area contributed by atoms with Crippen molar-refractivity contribution >= 4 is 46.6 Å². The highest BCUT2D eigenvalue weighted by atomic mass is 32.2. The van der Waals surface area contributed by atoms with Gasteiger partial charge in [-0.25, -0.2) is 4.79 Å². The van der Waals surface area contributed by atoms with Gasteiger partial charge in [0.2, 0.25) is 5.91 Å². The van der Waals surface area contributed by atoms with Crippen LogP contribution < -0.4 is 10.6 Å². The van der Waals surface area contributed by atoms with Gasteiger partial charge in [-0.3, -0.25) is 19.7 Å². The van der Waals surface area contributed by atoms with Gasteiger partial charge in [0, 0.05) is 34.0 Å². The third-order valence-electron chi connectivity index (χ3n) is 4.48. The number of carbonyl (C=O) groups is 3. The summed E-state index contributed by atoms with van der Waals surface area (Å²) in [4.78, 5) is 47.4. The van der Waals surface area contributed by atoms with Crippen LogP contribution in [0.15, 0.2) is 77.7 Å². The van der Waals surface area contributed by atoms with E-state index in [0.717, 1.165) is 4.90 Å². The highest BCUT2D eigenvalue weighted by Gasteiger charge is 2.12. The third kappa shape index (κ3) is 6.91. The molecule has 3 aromatic rings. The molecule has 0 spiro atoms. The Kier molecular flexibility index (Phi) is 8.36. The summed E-state index contributed by atoms with van der Waals surface area (Å²) in [5.41, 5.74) is 1.52. The minimum atomic E-state index is -0.558. The number of esters is 1. The van der Waals surface area contributed by atoms with Crippen molar-refractivity contribution < 1.29 is 24.0 Å². The lowest BCUT2D eigenvalue weighted by atomic mass is 10.2. The zero-order valence-corrected chi connectivity index (χ0v) is 19.0. The molecule has 0 aliphatic rings. The van der Waals surface area contributed by atoms with Crippen molar-refractivity contribution in [3.8, 4) is 0 Å². The monoisotopic (exact) mass is 479 g/mol. The number of nitro benzene ring substituents is 1. The van der Waals surface area contributed by atoms with E-state index in [-0.39, 0.29) is 22.9 Å². The number of nitrogens with zero attached hydrogens (tertiary/aromatic N) is 1. The highest BCUT2D eigenvalue weighted by Crippen LogP contribution is 2.22. The molecule has 0 atom stereocenters. The molecule has 0 heterocycles. The second-order valence-corrected chi connectivity index (χ2v) is 7.97. The van der Waals surface area contributed by atoms with Gasteiger partial charge in [0.25, 0.3) is 11.6 Å². The zero-order valence-electron chi connectivity index (χ0n) is 18.1. The van der Waals surface area contributed by atoms with Crippen LogP contribution in [0, 0.1) is 10.1 Å². The summed E-state index contributed by atoms with van der Waals surface area (Å²) in [6.45, 7) is 2.02. The number of rotatable bonds is 9. The topological polar surface area (TPSA) is 128 Å². The Bertz CT molecular complexity index is 1200. The maximum atomic E-state index is 12.3. The molecule has 10 heteroatoms. The molecule has 0 unspecified atom stereocenters. The number of anilines is 2. The number of benzene rings is 3. The molecule has 0 aliphatic carbocycles. The Labute approximate surface area is 199 Å².